The molecule has 1 saturated heterocycles. The lowest BCUT2D eigenvalue weighted by Crippen LogP contribution is -2.44. The van der Waals surface area contributed by atoms with Crippen LogP contribution in [0.1, 0.15) is 36.8 Å². The third-order valence-electron chi connectivity index (χ3n) is 4.27. The number of halogens is 1. The van der Waals surface area contributed by atoms with Gasteiger partial charge in [-0.2, -0.15) is 0 Å². The Bertz CT molecular complexity index is 510. The first-order valence-corrected chi connectivity index (χ1v) is 8.86. The van der Waals surface area contributed by atoms with Gasteiger partial charge in [0.05, 0.1) is 18.9 Å². The minimum atomic E-state index is 0. The standard InChI is InChI=1S/C17H31N5O2.HI/c1-5-18-17(19-6-7-22-8-10-23-11-9-22)20-12-13(2)16-14(3)21-24-15(16)4;/h13H,5-12H2,1-4H3,(H2,18,19,20);1H. The van der Waals surface area contributed by atoms with Crippen molar-refractivity contribution in [2.24, 2.45) is 4.99 Å². The van der Waals surface area contributed by atoms with Gasteiger partial charge in [-0.25, -0.2) is 0 Å². The minimum absolute atomic E-state index is 0. The van der Waals surface area contributed by atoms with Crippen molar-refractivity contribution in [3.8, 4) is 0 Å². The lowest BCUT2D eigenvalue weighted by molar-refractivity contribution is 0.0389. The third kappa shape index (κ3) is 7.10. The van der Waals surface area contributed by atoms with E-state index in [1.165, 1.54) is 5.56 Å². The maximum absolute atomic E-state index is 5.37. The number of nitrogens with zero attached hydrogens (tertiary/aromatic N) is 3. The number of aromatic nitrogens is 1. The van der Waals surface area contributed by atoms with E-state index in [1.807, 2.05) is 13.8 Å². The topological polar surface area (TPSA) is 74.9 Å². The zero-order valence-electron chi connectivity index (χ0n) is 15.8. The average Bonchev–Trinajstić information content (AvgIpc) is 2.92. The molecule has 7 nitrogen and oxygen atoms in total. The van der Waals surface area contributed by atoms with E-state index in [-0.39, 0.29) is 29.9 Å². The van der Waals surface area contributed by atoms with Crippen molar-refractivity contribution in [3.05, 3.63) is 17.0 Å². The van der Waals surface area contributed by atoms with Crippen LogP contribution in [0.3, 0.4) is 0 Å². The van der Waals surface area contributed by atoms with Gasteiger partial charge < -0.3 is 19.9 Å². The summed E-state index contributed by atoms with van der Waals surface area (Å²) in [4.78, 5) is 7.13. The van der Waals surface area contributed by atoms with Gasteiger partial charge in [0, 0.05) is 50.7 Å². The summed E-state index contributed by atoms with van der Waals surface area (Å²) in [5.74, 6) is 2.04. The molecule has 1 unspecified atom stereocenters. The predicted molar refractivity (Wildman–Crippen MR) is 111 cm³/mol. The minimum Gasteiger partial charge on any atom is -0.379 e. The number of aryl methyl sites for hydroxylation is 2. The van der Waals surface area contributed by atoms with E-state index < -0.39 is 0 Å². The maximum Gasteiger partial charge on any atom is 0.191 e. The van der Waals surface area contributed by atoms with Gasteiger partial charge in [0.25, 0.3) is 0 Å². The monoisotopic (exact) mass is 465 g/mol. The van der Waals surface area contributed by atoms with Crippen LogP contribution >= 0.6 is 24.0 Å². The molecule has 0 aromatic carbocycles. The van der Waals surface area contributed by atoms with E-state index in [2.05, 4.69) is 34.5 Å². The Morgan fingerprint density at radius 3 is 2.60 bits per heavy atom. The van der Waals surface area contributed by atoms with Crippen molar-refractivity contribution < 1.29 is 9.26 Å². The van der Waals surface area contributed by atoms with Crippen LogP contribution in [0.2, 0.25) is 0 Å². The van der Waals surface area contributed by atoms with E-state index >= 15 is 0 Å². The van der Waals surface area contributed by atoms with E-state index in [0.29, 0.717) is 6.54 Å². The smallest absolute Gasteiger partial charge is 0.191 e. The second-order valence-corrected chi connectivity index (χ2v) is 6.24. The van der Waals surface area contributed by atoms with Gasteiger partial charge in [-0.1, -0.05) is 12.1 Å². The van der Waals surface area contributed by atoms with Gasteiger partial charge in [0.15, 0.2) is 5.96 Å². The van der Waals surface area contributed by atoms with Crippen molar-refractivity contribution in [2.75, 3.05) is 52.5 Å². The molecule has 0 aliphatic carbocycles. The van der Waals surface area contributed by atoms with E-state index in [4.69, 9.17) is 14.3 Å². The molecule has 1 aliphatic heterocycles. The van der Waals surface area contributed by atoms with Crippen molar-refractivity contribution in [3.63, 3.8) is 0 Å². The van der Waals surface area contributed by atoms with Gasteiger partial charge in [0.2, 0.25) is 0 Å². The molecule has 1 aliphatic rings. The Morgan fingerprint density at radius 2 is 2.00 bits per heavy atom. The van der Waals surface area contributed by atoms with Crippen LogP contribution in [-0.4, -0.2) is 68.5 Å². The van der Waals surface area contributed by atoms with E-state index in [0.717, 1.165) is 63.4 Å². The Labute approximate surface area is 168 Å². The molecule has 0 saturated carbocycles. The fourth-order valence-electron chi connectivity index (χ4n) is 3.01. The first kappa shape index (κ1) is 22.2. The summed E-state index contributed by atoms with van der Waals surface area (Å²) >= 11 is 0. The van der Waals surface area contributed by atoms with Crippen LogP contribution in [0.25, 0.3) is 0 Å². The molecule has 1 fully saturated rings. The van der Waals surface area contributed by atoms with Gasteiger partial charge >= 0.3 is 0 Å². The molecule has 0 radical (unpaired) electrons. The zero-order valence-corrected chi connectivity index (χ0v) is 18.1. The first-order chi connectivity index (χ1) is 11.6. The molecule has 8 heteroatoms. The largest absolute Gasteiger partial charge is 0.379 e. The molecule has 0 spiro atoms. The van der Waals surface area contributed by atoms with Crippen molar-refractivity contribution >= 4 is 29.9 Å². The van der Waals surface area contributed by atoms with Crippen LogP contribution in [0.4, 0.5) is 0 Å². The Balaban J connectivity index is 0.00000312. The van der Waals surface area contributed by atoms with Crippen LogP contribution in [0.5, 0.6) is 0 Å². The normalized spacial score (nSPS) is 17.0. The number of morpholine rings is 1. The maximum atomic E-state index is 5.37. The van der Waals surface area contributed by atoms with E-state index in [9.17, 15) is 0 Å². The molecule has 2 N–H and O–H groups in total. The van der Waals surface area contributed by atoms with Crippen LogP contribution in [-0.2, 0) is 4.74 Å². The number of hydrogen-bond donors (Lipinski definition) is 2. The first-order valence-electron chi connectivity index (χ1n) is 8.86. The molecule has 1 atom stereocenters. The number of aliphatic imine (C=N–C) groups is 1. The molecule has 25 heavy (non-hydrogen) atoms. The highest BCUT2D eigenvalue weighted by molar-refractivity contribution is 14.0. The summed E-state index contributed by atoms with van der Waals surface area (Å²) in [5.41, 5.74) is 2.13. The molecule has 144 valence electrons. The summed E-state index contributed by atoms with van der Waals surface area (Å²) in [6.45, 7) is 15.3. The fraction of sp³-hybridized carbons (Fsp3) is 0.765. The number of ether oxygens (including phenoxy) is 1. The molecule has 1 aromatic heterocycles. The molecular weight excluding hydrogens is 433 g/mol. The lowest BCUT2D eigenvalue weighted by atomic mass is 10.00. The van der Waals surface area contributed by atoms with Crippen molar-refractivity contribution in [1.82, 2.24) is 20.7 Å². The number of rotatable bonds is 7. The summed E-state index contributed by atoms with van der Waals surface area (Å²) < 4.78 is 10.6. The Kier molecular flexibility index (Phi) is 10.4. The van der Waals surface area contributed by atoms with Gasteiger partial charge in [-0.15, -0.1) is 24.0 Å². The molecular formula is C17H32IN5O2. The highest BCUT2D eigenvalue weighted by Gasteiger charge is 2.16. The summed E-state index contributed by atoms with van der Waals surface area (Å²) in [5, 5.41) is 10.8. The van der Waals surface area contributed by atoms with Gasteiger partial charge in [-0.3, -0.25) is 9.89 Å². The Hall–Kier alpha value is -0.870. The van der Waals surface area contributed by atoms with Crippen molar-refractivity contribution in [1.29, 1.82) is 0 Å². The molecule has 0 amide bonds. The molecule has 0 bridgehead atoms. The Morgan fingerprint density at radius 1 is 1.28 bits per heavy atom. The number of hydrogen-bond acceptors (Lipinski definition) is 5. The average molecular weight is 465 g/mol. The molecule has 2 heterocycles. The third-order valence-corrected chi connectivity index (χ3v) is 4.27. The van der Waals surface area contributed by atoms with Crippen molar-refractivity contribution in [2.45, 2.75) is 33.6 Å². The summed E-state index contributed by atoms with van der Waals surface area (Å²) in [6.07, 6.45) is 0. The number of guanidine groups is 1. The van der Waals surface area contributed by atoms with Gasteiger partial charge in [0.1, 0.15) is 5.76 Å². The highest BCUT2D eigenvalue weighted by atomic mass is 127. The number of nitrogens with one attached hydrogen (secondary N) is 2. The second-order valence-electron chi connectivity index (χ2n) is 6.24. The lowest BCUT2D eigenvalue weighted by Gasteiger charge is -2.26. The molecule has 2 rings (SSSR count). The zero-order chi connectivity index (χ0) is 17.4. The summed E-state index contributed by atoms with van der Waals surface area (Å²) in [7, 11) is 0. The highest BCUT2D eigenvalue weighted by Crippen LogP contribution is 2.23. The van der Waals surface area contributed by atoms with Gasteiger partial charge in [-0.05, 0) is 20.8 Å². The molecule has 1 aromatic rings. The van der Waals surface area contributed by atoms with Crippen LogP contribution in [0, 0.1) is 13.8 Å². The fourth-order valence-corrected chi connectivity index (χ4v) is 3.01. The van der Waals surface area contributed by atoms with Crippen LogP contribution in [0.15, 0.2) is 9.52 Å². The quantitative estimate of drug-likeness (QED) is 0.364. The summed E-state index contributed by atoms with van der Waals surface area (Å²) in [6, 6.07) is 0. The van der Waals surface area contributed by atoms with Crippen LogP contribution < -0.4 is 10.6 Å². The second kappa shape index (κ2) is 11.7. The predicted octanol–water partition coefficient (Wildman–Crippen LogP) is 1.90. The SMILES string of the molecule is CCNC(=NCC(C)c1c(C)noc1C)NCCN1CCOCC1.I. The van der Waals surface area contributed by atoms with E-state index in [1.54, 1.807) is 0 Å².